The molecule has 4 nitrogen and oxygen atoms in total. The normalized spacial score (nSPS) is 23.4. The number of hydrogen-bond acceptors (Lipinski definition) is 4. The number of rotatable bonds is 2. The average molecular weight is 410 g/mol. The molecule has 0 saturated carbocycles. The molecule has 4 rings (SSSR count). The number of nitrogens with zero attached hydrogens (tertiary/aromatic N) is 2. The highest BCUT2D eigenvalue weighted by Crippen LogP contribution is 2.43. The van der Waals surface area contributed by atoms with Gasteiger partial charge in [-0.1, -0.05) is 13.0 Å². The number of hydrogen-bond donors (Lipinski definition) is 1. The van der Waals surface area contributed by atoms with Gasteiger partial charge < -0.3 is 10.2 Å². The van der Waals surface area contributed by atoms with E-state index in [9.17, 15) is 9.18 Å². The van der Waals surface area contributed by atoms with Gasteiger partial charge >= 0.3 is 0 Å². The van der Waals surface area contributed by atoms with E-state index in [1.165, 1.54) is 35.1 Å². The molecule has 1 amide bonds. The quantitative estimate of drug-likeness (QED) is 0.672. The Labute approximate surface area is 174 Å². The summed E-state index contributed by atoms with van der Waals surface area (Å²) >= 11 is 1.30. The highest BCUT2D eigenvalue weighted by atomic mass is 32.2. The fourth-order valence-corrected chi connectivity index (χ4v) is 4.79. The molecule has 2 heterocycles. The number of carbonyl (C=O) groups is 1. The minimum atomic E-state index is -0.312. The number of thioether (sulfide) groups is 1. The number of benzene rings is 2. The number of fused-ring (bicyclic) bond motifs is 1. The van der Waals surface area contributed by atoms with E-state index >= 15 is 0 Å². The average Bonchev–Trinajstić information content (AvgIpc) is 3.00. The standard InChI is InChI=1S/C23H24FN3OS/c1-14-13-23(2,3)27(4)19-10-5-15(11-18(14)19)12-20-21(28)26-22(29-20)25-17-8-6-16(24)7-9-17/h5-12,14H,13H2,1-4H3,(H,25,26,28)/b20-12-. The van der Waals surface area contributed by atoms with Gasteiger partial charge in [-0.25, -0.2) is 9.38 Å². The fourth-order valence-electron chi connectivity index (χ4n) is 3.95. The Kier molecular flexibility index (Phi) is 4.99. The first kappa shape index (κ1) is 19.7. The van der Waals surface area contributed by atoms with Crippen LogP contribution in [-0.4, -0.2) is 23.7 Å². The number of amides is 1. The summed E-state index contributed by atoms with van der Waals surface area (Å²) in [5, 5.41) is 3.28. The van der Waals surface area contributed by atoms with Gasteiger partial charge in [0.05, 0.1) is 10.6 Å². The molecule has 2 aromatic carbocycles. The van der Waals surface area contributed by atoms with Crippen LogP contribution < -0.4 is 10.2 Å². The number of amidine groups is 1. The van der Waals surface area contributed by atoms with Gasteiger partial charge in [-0.3, -0.25) is 4.79 Å². The second-order valence-corrected chi connectivity index (χ2v) is 9.28. The molecule has 0 radical (unpaired) electrons. The summed E-state index contributed by atoms with van der Waals surface area (Å²) in [6, 6.07) is 12.2. The maximum Gasteiger partial charge on any atom is 0.264 e. The lowest BCUT2D eigenvalue weighted by Gasteiger charge is -2.45. The summed E-state index contributed by atoms with van der Waals surface area (Å²) in [4.78, 5) is 19.7. The minimum absolute atomic E-state index is 0.124. The molecule has 150 valence electrons. The molecule has 0 aliphatic carbocycles. The van der Waals surface area contributed by atoms with Gasteiger partial charge in [-0.2, -0.15) is 0 Å². The van der Waals surface area contributed by atoms with Crippen LogP contribution in [-0.2, 0) is 4.79 Å². The Balaban J connectivity index is 1.59. The molecule has 29 heavy (non-hydrogen) atoms. The predicted molar refractivity (Wildman–Crippen MR) is 119 cm³/mol. The first-order valence-corrected chi connectivity index (χ1v) is 10.5. The van der Waals surface area contributed by atoms with Crippen LogP contribution in [0.4, 0.5) is 15.8 Å². The Hall–Kier alpha value is -2.60. The topological polar surface area (TPSA) is 44.7 Å². The van der Waals surface area contributed by atoms with E-state index in [1.54, 1.807) is 12.1 Å². The number of anilines is 1. The van der Waals surface area contributed by atoms with Gasteiger partial charge in [0, 0.05) is 18.3 Å². The number of aliphatic imine (C=N–C) groups is 1. The molecular formula is C23H24FN3OS. The van der Waals surface area contributed by atoms with E-state index in [0.717, 1.165) is 12.0 Å². The van der Waals surface area contributed by atoms with Crippen molar-refractivity contribution in [3.63, 3.8) is 0 Å². The summed E-state index contributed by atoms with van der Waals surface area (Å²) in [5.74, 6) is -0.0246. The minimum Gasteiger partial charge on any atom is -0.369 e. The van der Waals surface area contributed by atoms with Crippen LogP contribution in [0.3, 0.4) is 0 Å². The first-order valence-electron chi connectivity index (χ1n) is 9.66. The zero-order chi connectivity index (χ0) is 20.8. The van der Waals surface area contributed by atoms with E-state index in [1.807, 2.05) is 6.08 Å². The Morgan fingerprint density at radius 2 is 1.97 bits per heavy atom. The van der Waals surface area contributed by atoms with Crippen LogP contribution in [0.15, 0.2) is 52.4 Å². The summed E-state index contributed by atoms with van der Waals surface area (Å²) in [5.41, 5.74) is 4.29. The highest BCUT2D eigenvalue weighted by molar-refractivity contribution is 8.18. The molecule has 2 aliphatic heterocycles. The molecule has 6 heteroatoms. The van der Waals surface area contributed by atoms with E-state index in [0.29, 0.717) is 21.7 Å². The summed E-state index contributed by atoms with van der Waals surface area (Å²) in [6.07, 6.45) is 2.99. The summed E-state index contributed by atoms with van der Waals surface area (Å²) < 4.78 is 13.0. The van der Waals surface area contributed by atoms with Crippen molar-refractivity contribution in [2.24, 2.45) is 4.99 Å². The molecule has 1 fully saturated rings. The van der Waals surface area contributed by atoms with Crippen molar-refractivity contribution in [3.8, 4) is 0 Å². The monoisotopic (exact) mass is 409 g/mol. The van der Waals surface area contributed by atoms with Crippen molar-refractivity contribution in [1.82, 2.24) is 5.32 Å². The van der Waals surface area contributed by atoms with E-state index in [-0.39, 0.29) is 17.3 Å². The Morgan fingerprint density at radius 3 is 2.69 bits per heavy atom. The van der Waals surface area contributed by atoms with E-state index in [2.05, 4.69) is 61.2 Å². The maximum absolute atomic E-state index is 13.0. The van der Waals surface area contributed by atoms with Crippen molar-refractivity contribution >= 4 is 40.3 Å². The predicted octanol–water partition coefficient (Wildman–Crippen LogP) is 5.44. The van der Waals surface area contributed by atoms with Gasteiger partial charge in [0.2, 0.25) is 0 Å². The molecule has 2 aliphatic rings. The van der Waals surface area contributed by atoms with Crippen LogP contribution in [0.5, 0.6) is 0 Å². The number of nitrogens with one attached hydrogen (secondary N) is 1. The summed E-state index contributed by atoms with van der Waals surface area (Å²) in [7, 11) is 2.14. The van der Waals surface area contributed by atoms with Crippen molar-refractivity contribution in [1.29, 1.82) is 0 Å². The molecule has 0 aromatic heterocycles. The fraction of sp³-hybridized carbons (Fsp3) is 0.304. The third-order valence-electron chi connectivity index (χ3n) is 5.66. The number of halogens is 1. The second-order valence-electron chi connectivity index (χ2n) is 8.25. The second kappa shape index (κ2) is 7.34. The van der Waals surface area contributed by atoms with Gasteiger partial charge in [0.15, 0.2) is 5.17 Å². The smallest absolute Gasteiger partial charge is 0.264 e. The third-order valence-corrected chi connectivity index (χ3v) is 6.57. The third kappa shape index (κ3) is 3.94. The SMILES string of the molecule is CC1CC(C)(C)N(C)c2ccc(/C=C3\SC(=Nc4ccc(F)cc4)NC3=O)cc21. The molecule has 1 N–H and O–H groups in total. The van der Waals surface area contributed by atoms with Gasteiger partial charge in [0.1, 0.15) is 5.82 Å². The van der Waals surface area contributed by atoms with Crippen LogP contribution in [0, 0.1) is 5.82 Å². The molecular weight excluding hydrogens is 385 g/mol. The van der Waals surface area contributed by atoms with Crippen LogP contribution >= 0.6 is 11.8 Å². The van der Waals surface area contributed by atoms with Crippen molar-refractivity contribution in [2.45, 2.75) is 38.6 Å². The van der Waals surface area contributed by atoms with E-state index < -0.39 is 0 Å². The van der Waals surface area contributed by atoms with Crippen molar-refractivity contribution < 1.29 is 9.18 Å². The van der Waals surface area contributed by atoms with Gasteiger partial charge in [-0.05, 0) is 91.5 Å². The van der Waals surface area contributed by atoms with Gasteiger partial charge in [0.25, 0.3) is 5.91 Å². The van der Waals surface area contributed by atoms with Crippen LogP contribution in [0.1, 0.15) is 44.2 Å². The molecule has 0 bridgehead atoms. The molecule has 1 unspecified atom stereocenters. The lowest BCUT2D eigenvalue weighted by atomic mass is 9.80. The van der Waals surface area contributed by atoms with Crippen LogP contribution in [0.2, 0.25) is 0 Å². The molecule has 2 aromatic rings. The lowest BCUT2D eigenvalue weighted by Crippen LogP contribution is -2.45. The Bertz CT molecular complexity index is 1030. The maximum atomic E-state index is 13.0. The molecule has 1 atom stereocenters. The van der Waals surface area contributed by atoms with Gasteiger partial charge in [-0.15, -0.1) is 0 Å². The van der Waals surface area contributed by atoms with E-state index in [4.69, 9.17) is 0 Å². The van der Waals surface area contributed by atoms with Crippen LogP contribution in [0.25, 0.3) is 6.08 Å². The Morgan fingerprint density at radius 1 is 1.24 bits per heavy atom. The highest BCUT2D eigenvalue weighted by Gasteiger charge is 2.34. The molecule has 1 saturated heterocycles. The molecule has 0 spiro atoms. The lowest BCUT2D eigenvalue weighted by molar-refractivity contribution is -0.115. The largest absolute Gasteiger partial charge is 0.369 e. The zero-order valence-corrected chi connectivity index (χ0v) is 17.8. The zero-order valence-electron chi connectivity index (χ0n) is 17.0. The summed E-state index contributed by atoms with van der Waals surface area (Å²) in [6.45, 7) is 6.79. The van der Waals surface area contributed by atoms with Crippen molar-refractivity contribution in [2.75, 3.05) is 11.9 Å². The number of carbonyl (C=O) groups excluding carboxylic acids is 1. The van der Waals surface area contributed by atoms with Crippen molar-refractivity contribution in [3.05, 3.63) is 64.3 Å². The first-order chi connectivity index (χ1) is 13.7.